The lowest BCUT2D eigenvalue weighted by Crippen LogP contribution is -2.39. The van der Waals surface area contributed by atoms with Gasteiger partial charge >= 0.3 is 0 Å². The van der Waals surface area contributed by atoms with Gasteiger partial charge in [0, 0.05) is 31.6 Å². The second-order valence-electron chi connectivity index (χ2n) is 5.66. The minimum Gasteiger partial charge on any atom is -0.356 e. The van der Waals surface area contributed by atoms with Crippen LogP contribution in [0.25, 0.3) is 0 Å². The van der Waals surface area contributed by atoms with Crippen molar-refractivity contribution in [1.82, 2.24) is 10.2 Å². The highest BCUT2D eigenvalue weighted by Crippen LogP contribution is 2.21. The Kier molecular flexibility index (Phi) is 5.78. The lowest BCUT2D eigenvalue weighted by molar-refractivity contribution is -0.122. The predicted octanol–water partition coefficient (Wildman–Crippen LogP) is 2.46. The van der Waals surface area contributed by atoms with Crippen molar-refractivity contribution < 1.29 is 9.59 Å². The van der Waals surface area contributed by atoms with Gasteiger partial charge < -0.3 is 10.2 Å². The van der Waals surface area contributed by atoms with E-state index in [1.54, 1.807) is 0 Å². The van der Waals surface area contributed by atoms with Gasteiger partial charge in [0.25, 0.3) is 5.91 Å². The number of benzene rings is 1. The normalized spacial score (nSPS) is 15.8. The standard InChI is InChI=1S/C17H24N2O2/c1-2-10-18-16(20)13-14-8-11-19(12-9-14)17(21)15-6-4-3-5-7-15/h3-7,14H,2,8-13H2,1H3,(H,18,20). The Hall–Kier alpha value is -1.84. The van der Waals surface area contributed by atoms with Crippen LogP contribution in [0.3, 0.4) is 0 Å². The molecule has 2 rings (SSSR count). The van der Waals surface area contributed by atoms with Crippen LogP contribution >= 0.6 is 0 Å². The van der Waals surface area contributed by atoms with Crippen molar-refractivity contribution in [3.05, 3.63) is 35.9 Å². The van der Waals surface area contributed by atoms with Crippen molar-refractivity contribution in [2.75, 3.05) is 19.6 Å². The summed E-state index contributed by atoms with van der Waals surface area (Å²) in [5.74, 6) is 0.649. The highest BCUT2D eigenvalue weighted by atomic mass is 16.2. The fourth-order valence-corrected chi connectivity index (χ4v) is 2.70. The van der Waals surface area contributed by atoms with Crippen LogP contribution in [0, 0.1) is 5.92 Å². The molecule has 0 bridgehead atoms. The molecule has 1 fully saturated rings. The molecule has 0 aromatic heterocycles. The van der Waals surface area contributed by atoms with Crippen LogP contribution in [0.15, 0.2) is 30.3 Å². The zero-order chi connectivity index (χ0) is 15.1. The Morgan fingerprint density at radius 3 is 2.48 bits per heavy atom. The molecule has 2 amide bonds. The van der Waals surface area contributed by atoms with E-state index in [-0.39, 0.29) is 11.8 Å². The number of rotatable bonds is 5. The third-order valence-corrected chi connectivity index (χ3v) is 3.97. The molecule has 1 aliphatic heterocycles. The first-order valence-electron chi connectivity index (χ1n) is 7.81. The molecule has 0 radical (unpaired) electrons. The van der Waals surface area contributed by atoms with Gasteiger partial charge in [-0.3, -0.25) is 9.59 Å². The van der Waals surface area contributed by atoms with E-state index in [0.717, 1.165) is 44.5 Å². The summed E-state index contributed by atoms with van der Waals surface area (Å²) in [6.07, 6.45) is 3.39. The van der Waals surface area contributed by atoms with Crippen molar-refractivity contribution in [3.63, 3.8) is 0 Å². The SMILES string of the molecule is CCCNC(=O)CC1CCN(C(=O)c2ccccc2)CC1. The summed E-state index contributed by atoms with van der Waals surface area (Å²) in [6, 6.07) is 9.40. The van der Waals surface area contributed by atoms with E-state index in [1.165, 1.54) is 0 Å². The van der Waals surface area contributed by atoms with E-state index < -0.39 is 0 Å². The van der Waals surface area contributed by atoms with Gasteiger partial charge in [-0.05, 0) is 37.3 Å². The number of carbonyl (C=O) groups excluding carboxylic acids is 2. The van der Waals surface area contributed by atoms with Crippen molar-refractivity contribution >= 4 is 11.8 Å². The summed E-state index contributed by atoms with van der Waals surface area (Å²) in [5.41, 5.74) is 0.747. The molecule has 1 saturated heterocycles. The molecule has 114 valence electrons. The van der Waals surface area contributed by atoms with Crippen molar-refractivity contribution in [2.45, 2.75) is 32.6 Å². The summed E-state index contributed by atoms with van der Waals surface area (Å²) in [7, 11) is 0. The van der Waals surface area contributed by atoms with Gasteiger partial charge in [-0.1, -0.05) is 25.1 Å². The number of nitrogens with one attached hydrogen (secondary N) is 1. The molecule has 21 heavy (non-hydrogen) atoms. The molecule has 1 aromatic rings. The molecule has 0 aliphatic carbocycles. The average Bonchev–Trinajstić information content (AvgIpc) is 2.54. The van der Waals surface area contributed by atoms with Crippen LogP contribution in [0.4, 0.5) is 0 Å². The summed E-state index contributed by atoms with van der Waals surface area (Å²) in [4.78, 5) is 25.9. The van der Waals surface area contributed by atoms with Crippen molar-refractivity contribution in [3.8, 4) is 0 Å². The maximum atomic E-state index is 12.3. The van der Waals surface area contributed by atoms with E-state index in [2.05, 4.69) is 5.32 Å². The van der Waals surface area contributed by atoms with E-state index in [1.807, 2.05) is 42.2 Å². The van der Waals surface area contributed by atoms with E-state index in [9.17, 15) is 9.59 Å². The fraction of sp³-hybridized carbons (Fsp3) is 0.529. The minimum absolute atomic E-state index is 0.101. The van der Waals surface area contributed by atoms with Gasteiger partial charge in [0.1, 0.15) is 0 Å². The van der Waals surface area contributed by atoms with Crippen LogP contribution in [-0.2, 0) is 4.79 Å². The van der Waals surface area contributed by atoms with Crippen LogP contribution in [0.5, 0.6) is 0 Å². The first-order chi connectivity index (χ1) is 10.2. The maximum Gasteiger partial charge on any atom is 0.253 e. The summed E-state index contributed by atoms with van der Waals surface area (Å²) in [6.45, 7) is 4.30. The molecular formula is C17H24N2O2. The van der Waals surface area contributed by atoms with Crippen molar-refractivity contribution in [1.29, 1.82) is 0 Å². The van der Waals surface area contributed by atoms with Gasteiger partial charge in [-0.25, -0.2) is 0 Å². The Bertz CT molecular complexity index is 465. The molecule has 1 heterocycles. The first kappa shape index (κ1) is 15.5. The highest BCUT2D eigenvalue weighted by molar-refractivity contribution is 5.94. The van der Waals surface area contributed by atoms with Crippen molar-refractivity contribution in [2.24, 2.45) is 5.92 Å². The van der Waals surface area contributed by atoms with Crippen LogP contribution < -0.4 is 5.32 Å². The number of hydrogen-bond acceptors (Lipinski definition) is 2. The molecule has 0 saturated carbocycles. The molecule has 0 atom stereocenters. The number of likely N-dealkylation sites (tertiary alicyclic amines) is 1. The first-order valence-corrected chi connectivity index (χ1v) is 7.81. The van der Waals surface area contributed by atoms with Crippen LogP contribution in [0.2, 0.25) is 0 Å². The zero-order valence-corrected chi connectivity index (χ0v) is 12.7. The smallest absolute Gasteiger partial charge is 0.253 e. The van der Waals surface area contributed by atoms with Crippen LogP contribution in [0.1, 0.15) is 43.0 Å². The summed E-state index contributed by atoms with van der Waals surface area (Å²) in [5, 5.41) is 2.92. The number of piperidine rings is 1. The third-order valence-electron chi connectivity index (χ3n) is 3.97. The monoisotopic (exact) mass is 288 g/mol. The lowest BCUT2D eigenvalue weighted by Gasteiger charge is -2.31. The molecule has 4 heteroatoms. The molecule has 0 unspecified atom stereocenters. The summed E-state index contributed by atoms with van der Waals surface area (Å²) < 4.78 is 0. The van der Waals surface area contributed by atoms with Gasteiger partial charge in [0.05, 0.1) is 0 Å². The van der Waals surface area contributed by atoms with Crippen LogP contribution in [-0.4, -0.2) is 36.3 Å². The average molecular weight is 288 g/mol. The fourth-order valence-electron chi connectivity index (χ4n) is 2.70. The molecule has 4 nitrogen and oxygen atoms in total. The Labute approximate surface area is 126 Å². The number of nitrogens with zero attached hydrogens (tertiary/aromatic N) is 1. The van der Waals surface area contributed by atoms with E-state index >= 15 is 0 Å². The van der Waals surface area contributed by atoms with Gasteiger partial charge in [0.2, 0.25) is 5.91 Å². The number of amides is 2. The number of carbonyl (C=O) groups is 2. The predicted molar refractivity (Wildman–Crippen MR) is 83.0 cm³/mol. The van der Waals surface area contributed by atoms with E-state index in [4.69, 9.17) is 0 Å². The van der Waals surface area contributed by atoms with E-state index in [0.29, 0.717) is 12.3 Å². The zero-order valence-electron chi connectivity index (χ0n) is 12.7. The highest BCUT2D eigenvalue weighted by Gasteiger charge is 2.24. The molecular weight excluding hydrogens is 264 g/mol. The largest absolute Gasteiger partial charge is 0.356 e. The molecule has 1 aliphatic rings. The quantitative estimate of drug-likeness (QED) is 0.905. The Morgan fingerprint density at radius 2 is 1.86 bits per heavy atom. The second kappa shape index (κ2) is 7.81. The lowest BCUT2D eigenvalue weighted by atomic mass is 9.93. The molecule has 1 aromatic carbocycles. The summed E-state index contributed by atoms with van der Waals surface area (Å²) >= 11 is 0. The Balaban J connectivity index is 1.78. The topological polar surface area (TPSA) is 49.4 Å². The molecule has 1 N–H and O–H groups in total. The van der Waals surface area contributed by atoms with Gasteiger partial charge in [0.15, 0.2) is 0 Å². The minimum atomic E-state index is 0.101. The van der Waals surface area contributed by atoms with Gasteiger partial charge in [-0.2, -0.15) is 0 Å². The maximum absolute atomic E-state index is 12.3. The molecule has 0 spiro atoms. The third kappa shape index (κ3) is 4.59. The number of hydrogen-bond donors (Lipinski definition) is 1. The second-order valence-corrected chi connectivity index (χ2v) is 5.66. The van der Waals surface area contributed by atoms with Gasteiger partial charge in [-0.15, -0.1) is 0 Å². The Morgan fingerprint density at radius 1 is 1.19 bits per heavy atom.